The van der Waals surface area contributed by atoms with Gasteiger partial charge in [-0.2, -0.15) is 0 Å². The Balaban J connectivity index is 2.42. The first-order chi connectivity index (χ1) is 7.81. The van der Waals surface area contributed by atoms with Gasteiger partial charge in [0.1, 0.15) is 5.71 Å². The highest BCUT2D eigenvalue weighted by molar-refractivity contribution is 6.12. The number of nitrogens with zero attached hydrogens (tertiary/aromatic N) is 1. The summed E-state index contributed by atoms with van der Waals surface area (Å²) in [5, 5.41) is 12.5. The van der Waals surface area contributed by atoms with Crippen LogP contribution < -0.4 is 0 Å². The topological polar surface area (TPSA) is 32.6 Å². The molecule has 0 aliphatic heterocycles. The van der Waals surface area contributed by atoms with Crippen LogP contribution in [0.3, 0.4) is 0 Å². The van der Waals surface area contributed by atoms with Crippen molar-refractivity contribution in [3.63, 3.8) is 0 Å². The van der Waals surface area contributed by atoms with E-state index < -0.39 is 0 Å². The molecule has 1 N–H and O–H groups in total. The lowest BCUT2D eigenvalue weighted by Gasteiger charge is -2.04. The summed E-state index contributed by atoms with van der Waals surface area (Å²) in [6, 6.07) is 17.6. The molecule has 0 aromatic heterocycles. The fourth-order valence-electron chi connectivity index (χ4n) is 1.59. The molecule has 0 heterocycles. The smallest absolute Gasteiger partial charge is 0.117 e. The molecule has 16 heavy (non-hydrogen) atoms. The lowest BCUT2D eigenvalue weighted by molar-refractivity contribution is 0.319. The average molecular weight is 211 g/mol. The predicted octanol–water partition coefficient (Wildman–Crippen LogP) is 3.22. The van der Waals surface area contributed by atoms with Crippen molar-refractivity contribution in [2.24, 2.45) is 5.16 Å². The molecule has 2 aromatic rings. The van der Waals surface area contributed by atoms with Crippen LogP contribution in [0, 0.1) is 6.92 Å². The summed E-state index contributed by atoms with van der Waals surface area (Å²) in [5.41, 5.74) is 3.61. The Bertz CT molecular complexity index is 486. The third-order valence-electron chi connectivity index (χ3n) is 2.47. The Kier molecular flexibility index (Phi) is 3.01. The van der Waals surface area contributed by atoms with Crippen LogP contribution in [0.25, 0.3) is 0 Å². The summed E-state index contributed by atoms with van der Waals surface area (Å²) in [5.74, 6) is 0. The molecule has 0 bridgehead atoms. The zero-order valence-corrected chi connectivity index (χ0v) is 9.09. The molecular weight excluding hydrogens is 198 g/mol. The van der Waals surface area contributed by atoms with Crippen LogP contribution >= 0.6 is 0 Å². The van der Waals surface area contributed by atoms with E-state index in [9.17, 15) is 0 Å². The summed E-state index contributed by atoms with van der Waals surface area (Å²) in [6.45, 7) is 2.03. The molecule has 0 fully saturated rings. The Hall–Kier alpha value is -2.09. The van der Waals surface area contributed by atoms with E-state index in [1.54, 1.807) is 0 Å². The van der Waals surface area contributed by atoms with Crippen LogP contribution in [-0.2, 0) is 0 Å². The molecule has 2 nitrogen and oxygen atoms in total. The zero-order valence-electron chi connectivity index (χ0n) is 9.09. The number of hydrogen-bond acceptors (Lipinski definition) is 2. The first kappa shape index (κ1) is 10.4. The van der Waals surface area contributed by atoms with Gasteiger partial charge in [-0.25, -0.2) is 0 Å². The molecule has 0 amide bonds. The van der Waals surface area contributed by atoms with E-state index in [0.717, 1.165) is 11.1 Å². The molecule has 0 radical (unpaired) electrons. The summed E-state index contributed by atoms with van der Waals surface area (Å²) < 4.78 is 0. The largest absolute Gasteiger partial charge is 0.410 e. The Morgan fingerprint density at radius 2 is 1.44 bits per heavy atom. The van der Waals surface area contributed by atoms with Gasteiger partial charge in [0.25, 0.3) is 0 Å². The van der Waals surface area contributed by atoms with Crippen LogP contribution in [0.5, 0.6) is 0 Å². The Labute approximate surface area is 94.9 Å². The highest BCUT2D eigenvalue weighted by Crippen LogP contribution is 2.11. The Morgan fingerprint density at radius 3 is 2.00 bits per heavy atom. The van der Waals surface area contributed by atoms with E-state index in [1.807, 2.05) is 61.5 Å². The molecule has 2 rings (SSSR count). The maximum atomic E-state index is 9.09. The Morgan fingerprint density at radius 1 is 0.875 bits per heavy atom. The standard InChI is InChI=1S/C14H13NO/c1-11-7-9-13(10-8-11)14(15-16)12-5-3-2-4-6-12/h2-10,16H,1H3/b15-14-. The van der Waals surface area contributed by atoms with Gasteiger partial charge in [0, 0.05) is 11.1 Å². The second-order valence-electron chi connectivity index (χ2n) is 3.68. The fraction of sp³-hybridized carbons (Fsp3) is 0.0714. The number of hydrogen-bond donors (Lipinski definition) is 1. The van der Waals surface area contributed by atoms with Crippen LogP contribution in [0.15, 0.2) is 59.8 Å². The quantitative estimate of drug-likeness (QED) is 0.461. The van der Waals surface area contributed by atoms with E-state index in [2.05, 4.69) is 5.16 Å². The molecular formula is C14H13NO. The molecule has 80 valence electrons. The number of oxime groups is 1. The van der Waals surface area contributed by atoms with Gasteiger partial charge in [-0.05, 0) is 6.92 Å². The minimum atomic E-state index is 0.598. The molecule has 2 aromatic carbocycles. The third kappa shape index (κ3) is 2.11. The normalized spacial score (nSPS) is 11.4. The molecule has 0 unspecified atom stereocenters. The van der Waals surface area contributed by atoms with Gasteiger partial charge < -0.3 is 5.21 Å². The van der Waals surface area contributed by atoms with Crippen molar-refractivity contribution >= 4 is 5.71 Å². The van der Waals surface area contributed by atoms with Crippen LogP contribution in [0.4, 0.5) is 0 Å². The molecule has 0 aliphatic rings. The maximum Gasteiger partial charge on any atom is 0.117 e. The van der Waals surface area contributed by atoms with Gasteiger partial charge in [0.2, 0.25) is 0 Å². The summed E-state index contributed by atoms with van der Waals surface area (Å²) >= 11 is 0. The molecule has 0 saturated carbocycles. The van der Waals surface area contributed by atoms with Crippen molar-refractivity contribution < 1.29 is 5.21 Å². The highest BCUT2D eigenvalue weighted by atomic mass is 16.4. The minimum Gasteiger partial charge on any atom is -0.410 e. The predicted molar refractivity (Wildman–Crippen MR) is 65.0 cm³/mol. The van der Waals surface area contributed by atoms with Crippen molar-refractivity contribution in [1.82, 2.24) is 0 Å². The average Bonchev–Trinajstić information content (AvgIpc) is 2.34. The SMILES string of the molecule is Cc1ccc(/C(=N\O)c2ccccc2)cc1. The highest BCUT2D eigenvalue weighted by Gasteiger charge is 2.06. The lowest BCUT2D eigenvalue weighted by Crippen LogP contribution is -2.02. The van der Waals surface area contributed by atoms with Crippen molar-refractivity contribution in [1.29, 1.82) is 0 Å². The number of rotatable bonds is 2. The maximum absolute atomic E-state index is 9.09. The number of benzene rings is 2. The van der Waals surface area contributed by atoms with Crippen molar-refractivity contribution in [3.8, 4) is 0 Å². The number of aryl methyl sites for hydroxylation is 1. The van der Waals surface area contributed by atoms with Crippen molar-refractivity contribution in [2.75, 3.05) is 0 Å². The fourth-order valence-corrected chi connectivity index (χ4v) is 1.59. The monoisotopic (exact) mass is 211 g/mol. The molecule has 2 heteroatoms. The van der Waals surface area contributed by atoms with Gasteiger partial charge in [-0.3, -0.25) is 0 Å². The van der Waals surface area contributed by atoms with Gasteiger partial charge >= 0.3 is 0 Å². The molecule has 0 aliphatic carbocycles. The first-order valence-electron chi connectivity index (χ1n) is 5.16. The van der Waals surface area contributed by atoms with Crippen LogP contribution in [-0.4, -0.2) is 10.9 Å². The molecule has 0 saturated heterocycles. The van der Waals surface area contributed by atoms with Crippen LogP contribution in [0.2, 0.25) is 0 Å². The summed E-state index contributed by atoms with van der Waals surface area (Å²) in [6.07, 6.45) is 0. The van der Waals surface area contributed by atoms with E-state index in [-0.39, 0.29) is 0 Å². The van der Waals surface area contributed by atoms with Crippen LogP contribution in [0.1, 0.15) is 16.7 Å². The van der Waals surface area contributed by atoms with E-state index >= 15 is 0 Å². The lowest BCUT2D eigenvalue weighted by atomic mass is 10.0. The van der Waals surface area contributed by atoms with Gasteiger partial charge in [0.05, 0.1) is 0 Å². The van der Waals surface area contributed by atoms with Gasteiger partial charge in [-0.15, -0.1) is 0 Å². The summed E-state index contributed by atoms with van der Waals surface area (Å²) in [7, 11) is 0. The second-order valence-corrected chi connectivity index (χ2v) is 3.68. The van der Waals surface area contributed by atoms with Gasteiger partial charge in [0.15, 0.2) is 0 Å². The molecule has 0 spiro atoms. The second kappa shape index (κ2) is 4.62. The summed E-state index contributed by atoms with van der Waals surface area (Å²) in [4.78, 5) is 0. The van der Waals surface area contributed by atoms with Gasteiger partial charge in [-0.1, -0.05) is 65.3 Å². The first-order valence-corrected chi connectivity index (χ1v) is 5.16. The van der Waals surface area contributed by atoms with Crippen molar-refractivity contribution in [3.05, 3.63) is 71.3 Å². The minimum absolute atomic E-state index is 0.598. The molecule has 0 atom stereocenters. The van der Waals surface area contributed by atoms with Crippen molar-refractivity contribution in [2.45, 2.75) is 6.92 Å². The van der Waals surface area contributed by atoms with E-state index in [4.69, 9.17) is 5.21 Å². The third-order valence-corrected chi connectivity index (χ3v) is 2.47. The van der Waals surface area contributed by atoms with E-state index in [0.29, 0.717) is 5.71 Å². The van der Waals surface area contributed by atoms with E-state index in [1.165, 1.54) is 5.56 Å². The zero-order chi connectivity index (χ0) is 11.4.